The molecule has 22 heavy (non-hydrogen) atoms. The molecule has 2 aliphatic rings. The van der Waals surface area contributed by atoms with Crippen LogP contribution in [-0.4, -0.2) is 61.0 Å². The first-order valence-electron chi connectivity index (χ1n) is 7.34. The third-order valence-corrected chi connectivity index (χ3v) is 4.55. The standard InChI is InChI=1S/C15H19ClFN3O.ClH/c16-11-1-2-13(14(17)9-11)15(21)20-7-5-19(6-8-20)12-3-4-18-10-12;/h1-2,9,12,18H,3-8,10H2;1H. The van der Waals surface area contributed by atoms with Crippen molar-refractivity contribution < 1.29 is 9.18 Å². The quantitative estimate of drug-likeness (QED) is 0.888. The summed E-state index contributed by atoms with van der Waals surface area (Å²) in [6.07, 6.45) is 1.17. The van der Waals surface area contributed by atoms with Gasteiger partial charge >= 0.3 is 0 Å². The highest BCUT2D eigenvalue weighted by atomic mass is 35.5. The van der Waals surface area contributed by atoms with Crippen molar-refractivity contribution in [3.63, 3.8) is 0 Å². The number of nitrogens with zero attached hydrogens (tertiary/aromatic N) is 2. The van der Waals surface area contributed by atoms with Crippen LogP contribution in [-0.2, 0) is 0 Å². The molecule has 1 amide bonds. The normalized spacial score (nSPS) is 22.5. The Morgan fingerprint density at radius 2 is 2.00 bits per heavy atom. The van der Waals surface area contributed by atoms with E-state index in [0.29, 0.717) is 24.2 Å². The molecule has 0 saturated carbocycles. The molecule has 1 aromatic carbocycles. The van der Waals surface area contributed by atoms with Gasteiger partial charge in [-0.3, -0.25) is 9.69 Å². The molecule has 2 heterocycles. The third kappa shape index (κ3) is 3.71. The van der Waals surface area contributed by atoms with Gasteiger partial charge in [-0.2, -0.15) is 0 Å². The molecule has 4 nitrogen and oxygen atoms in total. The van der Waals surface area contributed by atoms with Crippen LogP contribution >= 0.6 is 24.0 Å². The summed E-state index contributed by atoms with van der Waals surface area (Å²) in [5.74, 6) is -0.789. The van der Waals surface area contributed by atoms with Crippen LogP contribution < -0.4 is 5.32 Å². The van der Waals surface area contributed by atoms with Gasteiger partial charge in [-0.1, -0.05) is 11.6 Å². The van der Waals surface area contributed by atoms with Gasteiger partial charge in [-0.15, -0.1) is 12.4 Å². The molecule has 0 aliphatic carbocycles. The molecular weight excluding hydrogens is 328 g/mol. The Labute approximate surface area is 141 Å². The molecule has 2 saturated heterocycles. The zero-order valence-corrected chi connectivity index (χ0v) is 13.8. The summed E-state index contributed by atoms with van der Waals surface area (Å²) in [5.41, 5.74) is 0.107. The van der Waals surface area contributed by atoms with Crippen LogP contribution in [0.15, 0.2) is 18.2 Å². The molecule has 0 aromatic heterocycles. The van der Waals surface area contributed by atoms with E-state index in [1.165, 1.54) is 18.6 Å². The maximum atomic E-state index is 13.8. The molecule has 122 valence electrons. The van der Waals surface area contributed by atoms with E-state index in [9.17, 15) is 9.18 Å². The Kier molecular flexibility index (Phi) is 6.03. The maximum absolute atomic E-state index is 13.8. The first kappa shape index (κ1) is 17.5. The second-order valence-corrected chi connectivity index (χ2v) is 6.04. The van der Waals surface area contributed by atoms with Crippen LogP contribution in [0.1, 0.15) is 16.8 Å². The number of benzene rings is 1. The van der Waals surface area contributed by atoms with Crippen LogP contribution in [0.25, 0.3) is 0 Å². The Balaban J connectivity index is 0.00000176. The molecule has 2 aliphatic heterocycles. The lowest BCUT2D eigenvalue weighted by atomic mass is 10.1. The zero-order valence-electron chi connectivity index (χ0n) is 12.2. The van der Waals surface area contributed by atoms with Crippen molar-refractivity contribution in [2.75, 3.05) is 39.3 Å². The average Bonchev–Trinajstić information content (AvgIpc) is 3.01. The van der Waals surface area contributed by atoms with Gasteiger partial charge in [0.1, 0.15) is 5.82 Å². The molecule has 1 aromatic rings. The number of amides is 1. The summed E-state index contributed by atoms with van der Waals surface area (Å²) < 4.78 is 13.8. The number of piperazine rings is 1. The van der Waals surface area contributed by atoms with Crippen LogP contribution in [0, 0.1) is 5.82 Å². The number of hydrogen-bond donors (Lipinski definition) is 1. The number of carbonyl (C=O) groups excluding carboxylic acids is 1. The lowest BCUT2D eigenvalue weighted by molar-refractivity contribution is 0.0579. The molecule has 0 radical (unpaired) electrons. The van der Waals surface area contributed by atoms with Crippen molar-refractivity contribution in [2.45, 2.75) is 12.5 Å². The Hall–Kier alpha value is -0.880. The van der Waals surface area contributed by atoms with Crippen LogP contribution in [0.3, 0.4) is 0 Å². The Bertz CT molecular complexity index is 530. The van der Waals surface area contributed by atoms with E-state index in [4.69, 9.17) is 11.6 Å². The lowest BCUT2D eigenvalue weighted by Crippen LogP contribution is -2.52. The predicted molar refractivity (Wildman–Crippen MR) is 87.4 cm³/mol. The van der Waals surface area contributed by atoms with E-state index in [1.54, 1.807) is 11.0 Å². The largest absolute Gasteiger partial charge is 0.336 e. The summed E-state index contributed by atoms with van der Waals surface area (Å²) in [7, 11) is 0. The zero-order chi connectivity index (χ0) is 14.8. The fourth-order valence-corrected chi connectivity index (χ4v) is 3.23. The summed E-state index contributed by atoms with van der Waals surface area (Å²) >= 11 is 5.72. The maximum Gasteiger partial charge on any atom is 0.256 e. The van der Waals surface area contributed by atoms with Crippen molar-refractivity contribution in [3.8, 4) is 0 Å². The fourth-order valence-electron chi connectivity index (χ4n) is 3.07. The second-order valence-electron chi connectivity index (χ2n) is 5.60. The first-order valence-corrected chi connectivity index (χ1v) is 7.72. The molecule has 3 rings (SSSR count). The van der Waals surface area contributed by atoms with Gasteiger partial charge in [0.15, 0.2) is 0 Å². The predicted octanol–water partition coefficient (Wildman–Crippen LogP) is 2.02. The summed E-state index contributed by atoms with van der Waals surface area (Å²) in [5, 5.41) is 3.67. The minimum Gasteiger partial charge on any atom is -0.336 e. The lowest BCUT2D eigenvalue weighted by Gasteiger charge is -2.37. The van der Waals surface area contributed by atoms with Crippen LogP contribution in [0.5, 0.6) is 0 Å². The van der Waals surface area contributed by atoms with Crippen molar-refractivity contribution in [1.82, 2.24) is 15.1 Å². The van der Waals surface area contributed by atoms with E-state index >= 15 is 0 Å². The van der Waals surface area contributed by atoms with Gasteiger partial charge in [-0.05, 0) is 31.2 Å². The second kappa shape index (κ2) is 7.59. The number of nitrogens with one attached hydrogen (secondary N) is 1. The van der Waals surface area contributed by atoms with Crippen molar-refractivity contribution >= 4 is 29.9 Å². The molecule has 0 bridgehead atoms. The summed E-state index contributed by atoms with van der Waals surface area (Å²) in [6.45, 7) is 5.11. The van der Waals surface area contributed by atoms with Gasteiger partial charge in [-0.25, -0.2) is 4.39 Å². The number of halogens is 3. The van der Waals surface area contributed by atoms with E-state index in [-0.39, 0.29) is 23.9 Å². The van der Waals surface area contributed by atoms with Crippen LogP contribution in [0.4, 0.5) is 4.39 Å². The highest BCUT2D eigenvalue weighted by molar-refractivity contribution is 6.30. The minimum atomic E-state index is -0.546. The van der Waals surface area contributed by atoms with Crippen molar-refractivity contribution in [3.05, 3.63) is 34.6 Å². The topological polar surface area (TPSA) is 35.6 Å². The molecule has 7 heteroatoms. The van der Waals surface area contributed by atoms with Gasteiger partial charge in [0.2, 0.25) is 0 Å². The monoisotopic (exact) mass is 347 g/mol. The summed E-state index contributed by atoms with van der Waals surface area (Å²) in [4.78, 5) is 16.5. The highest BCUT2D eigenvalue weighted by Crippen LogP contribution is 2.18. The van der Waals surface area contributed by atoms with E-state index in [2.05, 4.69) is 10.2 Å². The van der Waals surface area contributed by atoms with Crippen molar-refractivity contribution in [2.24, 2.45) is 0 Å². The van der Waals surface area contributed by atoms with E-state index in [1.807, 2.05) is 0 Å². The first-order chi connectivity index (χ1) is 10.1. The SMILES string of the molecule is Cl.O=C(c1ccc(Cl)cc1F)N1CCN(C2CCNC2)CC1. The smallest absolute Gasteiger partial charge is 0.256 e. The third-order valence-electron chi connectivity index (χ3n) is 4.31. The molecular formula is C15H20Cl2FN3O. The van der Waals surface area contributed by atoms with Gasteiger partial charge in [0.05, 0.1) is 5.56 Å². The Morgan fingerprint density at radius 1 is 1.27 bits per heavy atom. The van der Waals surface area contributed by atoms with E-state index < -0.39 is 5.82 Å². The molecule has 1 unspecified atom stereocenters. The molecule has 2 fully saturated rings. The Morgan fingerprint density at radius 3 is 2.59 bits per heavy atom. The van der Waals surface area contributed by atoms with Crippen molar-refractivity contribution in [1.29, 1.82) is 0 Å². The molecule has 0 spiro atoms. The summed E-state index contributed by atoms with van der Waals surface area (Å²) in [6, 6.07) is 4.79. The van der Waals surface area contributed by atoms with E-state index in [0.717, 1.165) is 26.2 Å². The fraction of sp³-hybridized carbons (Fsp3) is 0.533. The highest BCUT2D eigenvalue weighted by Gasteiger charge is 2.28. The molecule has 1 N–H and O–H groups in total. The van der Waals surface area contributed by atoms with Gasteiger partial charge < -0.3 is 10.2 Å². The minimum absolute atomic E-state index is 0. The average molecular weight is 348 g/mol. The number of hydrogen-bond acceptors (Lipinski definition) is 3. The van der Waals surface area contributed by atoms with Gasteiger partial charge in [0.25, 0.3) is 5.91 Å². The number of carbonyl (C=O) groups is 1. The number of rotatable bonds is 2. The molecule has 1 atom stereocenters. The van der Waals surface area contributed by atoms with Gasteiger partial charge in [0, 0.05) is 43.8 Å². The van der Waals surface area contributed by atoms with Crippen LogP contribution in [0.2, 0.25) is 5.02 Å².